The number of rotatable bonds is 9. The molecule has 104 valence electrons. The number of allylic oxidation sites excluding steroid dienone is 1. The normalized spacial score (nSPS) is 12.6. The Morgan fingerprint density at radius 2 is 1.95 bits per heavy atom. The molecule has 19 heavy (non-hydrogen) atoms. The Balaban J connectivity index is 1.57. The zero-order chi connectivity index (χ0) is 13.3. The maximum atomic E-state index is 5.67. The molecule has 0 aliphatic carbocycles. The highest BCUT2D eigenvalue weighted by Gasteiger charge is 2.12. The zero-order valence-corrected chi connectivity index (χ0v) is 11.4. The molecule has 0 saturated heterocycles. The van der Waals surface area contributed by atoms with Crippen molar-refractivity contribution in [2.45, 2.75) is 38.7 Å². The maximum Gasteiger partial charge on any atom is 0.231 e. The summed E-state index contributed by atoms with van der Waals surface area (Å²) in [6.45, 7) is 5.51. The molecule has 0 bridgehead atoms. The van der Waals surface area contributed by atoms with Crippen molar-refractivity contribution in [2.75, 3.05) is 13.4 Å². The monoisotopic (exact) mass is 262 g/mol. The van der Waals surface area contributed by atoms with Gasteiger partial charge in [-0.2, -0.15) is 0 Å². The van der Waals surface area contributed by atoms with E-state index in [1.807, 2.05) is 24.3 Å². The van der Waals surface area contributed by atoms with E-state index in [2.05, 4.69) is 6.58 Å². The van der Waals surface area contributed by atoms with Crippen molar-refractivity contribution < 1.29 is 14.2 Å². The van der Waals surface area contributed by atoms with Gasteiger partial charge in [0, 0.05) is 6.61 Å². The fourth-order valence-corrected chi connectivity index (χ4v) is 2.07. The summed E-state index contributed by atoms with van der Waals surface area (Å²) in [4.78, 5) is 0. The van der Waals surface area contributed by atoms with Crippen molar-refractivity contribution >= 4 is 0 Å². The Kier molecular flexibility index (Phi) is 5.76. The van der Waals surface area contributed by atoms with E-state index in [4.69, 9.17) is 14.2 Å². The summed E-state index contributed by atoms with van der Waals surface area (Å²) in [5, 5.41) is 0. The summed E-state index contributed by atoms with van der Waals surface area (Å²) < 4.78 is 16.3. The fourth-order valence-electron chi connectivity index (χ4n) is 2.07. The lowest BCUT2D eigenvalue weighted by Crippen LogP contribution is -1.96. The van der Waals surface area contributed by atoms with Crippen LogP contribution in [0.4, 0.5) is 0 Å². The van der Waals surface area contributed by atoms with Crippen LogP contribution >= 0.6 is 0 Å². The van der Waals surface area contributed by atoms with E-state index in [0.29, 0.717) is 13.4 Å². The number of unbranched alkanes of at least 4 members (excludes halogenated alkanes) is 4. The van der Waals surface area contributed by atoms with E-state index in [0.717, 1.165) is 36.5 Å². The maximum absolute atomic E-state index is 5.67. The van der Waals surface area contributed by atoms with Gasteiger partial charge in [0.05, 0.1) is 6.61 Å². The standard InChI is InChI=1S/C16H22O3/c1-2-3-4-5-6-7-10-17-12-14-8-9-15-16(11-14)19-13-18-15/h2,8-9,11H,1,3-7,10,12-13H2. The van der Waals surface area contributed by atoms with Gasteiger partial charge in [-0.25, -0.2) is 0 Å². The molecule has 2 rings (SSSR count). The molecule has 1 aromatic carbocycles. The third-order valence-corrected chi connectivity index (χ3v) is 3.15. The van der Waals surface area contributed by atoms with E-state index in [1.165, 1.54) is 19.3 Å². The Morgan fingerprint density at radius 3 is 2.84 bits per heavy atom. The SMILES string of the molecule is C=CCCCCCCOCc1ccc2c(c1)OCO2. The predicted octanol–water partition coefficient (Wildman–Crippen LogP) is 4.07. The number of hydrogen-bond donors (Lipinski definition) is 0. The molecular weight excluding hydrogens is 240 g/mol. The summed E-state index contributed by atoms with van der Waals surface area (Å²) in [6, 6.07) is 5.96. The third-order valence-electron chi connectivity index (χ3n) is 3.15. The van der Waals surface area contributed by atoms with Gasteiger partial charge < -0.3 is 14.2 Å². The summed E-state index contributed by atoms with van der Waals surface area (Å²) in [7, 11) is 0. The van der Waals surface area contributed by atoms with E-state index in [1.54, 1.807) is 0 Å². The van der Waals surface area contributed by atoms with E-state index < -0.39 is 0 Å². The smallest absolute Gasteiger partial charge is 0.231 e. The van der Waals surface area contributed by atoms with Gasteiger partial charge in [0.2, 0.25) is 6.79 Å². The zero-order valence-electron chi connectivity index (χ0n) is 11.4. The highest BCUT2D eigenvalue weighted by Crippen LogP contribution is 2.32. The first-order valence-corrected chi connectivity index (χ1v) is 6.97. The van der Waals surface area contributed by atoms with Crippen LogP contribution in [0.15, 0.2) is 30.9 Å². The summed E-state index contributed by atoms with van der Waals surface area (Å²) in [5.74, 6) is 1.65. The highest BCUT2D eigenvalue weighted by molar-refractivity contribution is 5.44. The molecule has 0 amide bonds. The van der Waals surface area contributed by atoms with Crippen LogP contribution in [0, 0.1) is 0 Å². The lowest BCUT2D eigenvalue weighted by Gasteiger charge is -2.05. The van der Waals surface area contributed by atoms with Gasteiger partial charge in [0.15, 0.2) is 11.5 Å². The minimum atomic E-state index is 0.324. The van der Waals surface area contributed by atoms with Gasteiger partial charge in [-0.3, -0.25) is 0 Å². The molecule has 3 nitrogen and oxygen atoms in total. The van der Waals surface area contributed by atoms with Gasteiger partial charge in [0.1, 0.15) is 0 Å². The van der Waals surface area contributed by atoms with Crippen molar-refractivity contribution in [3.8, 4) is 11.5 Å². The minimum Gasteiger partial charge on any atom is -0.454 e. The Morgan fingerprint density at radius 1 is 1.11 bits per heavy atom. The molecule has 0 atom stereocenters. The molecule has 0 saturated carbocycles. The van der Waals surface area contributed by atoms with Crippen molar-refractivity contribution in [2.24, 2.45) is 0 Å². The summed E-state index contributed by atoms with van der Waals surface area (Å²) in [6.07, 6.45) is 7.97. The second kappa shape index (κ2) is 7.85. The van der Waals surface area contributed by atoms with Crippen molar-refractivity contribution in [1.29, 1.82) is 0 Å². The van der Waals surface area contributed by atoms with Crippen LogP contribution in [0.25, 0.3) is 0 Å². The molecule has 1 heterocycles. The molecule has 0 N–H and O–H groups in total. The van der Waals surface area contributed by atoms with Gasteiger partial charge >= 0.3 is 0 Å². The Bertz CT molecular complexity index is 401. The number of benzene rings is 1. The topological polar surface area (TPSA) is 27.7 Å². The van der Waals surface area contributed by atoms with Crippen molar-refractivity contribution in [1.82, 2.24) is 0 Å². The highest BCUT2D eigenvalue weighted by atomic mass is 16.7. The first kappa shape index (κ1) is 13.9. The average molecular weight is 262 g/mol. The van der Waals surface area contributed by atoms with Crippen LogP contribution in [-0.4, -0.2) is 13.4 Å². The molecule has 0 radical (unpaired) electrons. The number of fused-ring (bicyclic) bond motifs is 1. The lowest BCUT2D eigenvalue weighted by molar-refractivity contribution is 0.116. The molecule has 0 aromatic heterocycles. The van der Waals surface area contributed by atoms with Gasteiger partial charge in [-0.05, 0) is 37.0 Å². The molecule has 3 heteroatoms. The molecule has 1 aliphatic rings. The fraction of sp³-hybridized carbons (Fsp3) is 0.500. The summed E-state index contributed by atoms with van der Waals surface area (Å²) in [5.41, 5.74) is 1.14. The van der Waals surface area contributed by atoms with Crippen molar-refractivity contribution in [3.63, 3.8) is 0 Å². The lowest BCUT2D eigenvalue weighted by atomic mass is 10.1. The number of ether oxygens (including phenoxy) is 3. The molecule has 0 spiro atoms. The van der Waals surface area contributed by atoms with Crippen LogP contribution in [0.2, 0.25) is 0 Å². The summed E-state index contributed by atoms with van der Waals surface area (Å²) >= 11 is 0. The van der Waals surface area contributed by atoms with Crippen LogP contribution < -0.4 is 9.47 Å². The molecule has 0 fully saturated rings. The van der Waals surface area contributed by atoms with E-state index in [-0.39, 0.29) is 0 Å². The largest absolute Gasteiger partial charge is 0.454 e. The third kappa shape index (κ3) is 4.60. The molecule has 0 unspecified atom stereocenters. The first-order chi connectivity index (χ1) is 9.40. The van der Waals surface area contributed by atoms with E-state index >= 15 is 0 Å². The Labute approximate surface area is 115 Å². The molecular formula is C16H22O3. The van der Waals surface area contributed by atoms with E-state index in [9.17, 15) is 0 Å². The Hall–Kier alpha value is -1.48. The van der Waals surface area contributed by atoms with Gasteiger partial charge in [-0.15, -0.1) is 6.58 Å². The average Bonchev–Trinajstić information content (AvgIpc) is 2.89. The van der Waals surface area contributed by atoms with Crippen molar-refractivity contribution in [3.05, 3.63) is 36.4 Å². The van der Waals surface area contributed by atoms with Crippen LogP contribution in [0.1, 0.15) is 37.7 Å². The molecule has 1 aliphatic heterocycles. The van der Waals surface area contributed by atoms with Gasteiger partial charge in [0.25, 0.3) is 0 Å². The van der Waals surface area contributed by atoms with Crippen LogP contribution in [0.3, 0.4) is 0 Å². The minimum absolute atomic E-state index is 0.324. The second-order valence-corrected chi connectivity index (χ2v) is 4.73. The van der Waals surface area contributed by atoms with Crippen LogP contribution in [0.5, 0.6) is 11.5 Å². The number of hydrogen-bond acceptors (Lipinski definition) is 3. The quantitative estimate of drug-likeness (QED) is 0.496. The first-order valence-electron chi connectivity index (χ1n) is 6.97. The van der Waals surface area contributed by atoms with Gasteiger partial charge in [-0.1, -0.05) is 25.0 Å². The predicted molar refractivity (Wildman–Crippen MR) is 75.5 cm³/mol. The molecule has 1 aromatic rings. The second-order valence-electron chi connectivity index (χ2n) is 4.73. The van der Waals surface area contributed by atoms with Crippen LogP contribution in [-0.2, 0) is 11.3 Å².